The SMILES string of the molecule is CCCN=C(N)NC(C)C(=O)NC(C)(C)C. The van der Waals surface area contributed by atoms with E-state index in [1.54, 1.807) is 6.92 Å². The molecule has 0 heterocycles. The fourth-order valence-corrected chi connectivity index (χ4v) is 1.04. The number of aliphatic imine (C=N–C) groups is 1. The van der Waals surface area contributed by atoms with E-state index >= 15 is 0 Å². The van der Waals surface area contributed by atoms with Crippen LogP contribution in [0.1, 0.15) is 41.0 Å². The number of guanidine groups is 1. The standard InChI is InChI=1S/C11H24N4O/c1-6-7-13-10(12)14-8(2)9(16)15-11(3,4)5/h8H,6-7H2,1-5H3,(H,15,16)(H3,12,13,14). The zero-order chi connectivity index (χ0) is 12.8. The lowest BCUT2D eigenvalue weighted by Crippen LogP contribution is -2.52. The molecule has 0 aliphatic carbocycles. The highest BCUT2D eigenvalue weighted by Crippen LogP contribution is 1.99. The Labute approximate surface area is 97.9 Å². The van der Waals surface area contributed by atoms with Crippen LogP contribution in [0.2, 0.25) is 0 Å². The van der Waals surface area contributed by atoms with E-state index in [4.69, 9.17) is 5.73 Å². The van der Waals surface area contributed by atoms with Crippen LogP contribution in [-0.2, 0) is 4.79 Å². The Morgan fingerprint density at radius 3 is 2.44 bits per heavy atom. The molecule has 0 radical (unpaired) electrons. The molecule has 0 aliphatic rings. The molecule has 1 amide bonds. The smallest absolute Gasteiger partial charge is 0.242 e. The summed E-state index contributed by atoms with van der Waals surface area (Å²) >= 11 is 0. The first kappa shape index (κ1) is 14.7. The minimum absolute atomic E-state index is 0.0813. The van der Waals surface area contributed by atoms with Crippen LogP contribution in [0.25, 0.3) is 0 Å². The topological polar surface area (TPSA) is 79.5 Å². The summed E-state index contributed by atoms with van der Waals surface area (Å²) in [5, 5.41) is 5.72. The maximum atomic E-state index is 11.7. The molecule has 5 nitrogen and oxygen atoms in total. The lowest BCUT2D eigenvalue weighted by molar-refractivity contribution is -0.123. The van der Waals surface area contributed by atoms with Gasteiger partial charge in [0.05, 0.1) is 0 Å². The second-order valence-electron chi connectivity index (χ2n) is 4.87. The third-order valence-corrected chi connectivity index (χ3v) is 1.76. The van der Waals surface area contributed by atoms with E-state index in [1.165, 1.54) is 0 Å². The summed E-state index contributed by atoms with van der Waals surface area (Å²) < 4.78 is 0. The molecular weight excluding hydrogens is 204 g/mol. The normalized spacial score (nSPS) is 14.4. The zero-order valence-electron chi connectivity index (χ0n) is 10.9. The van der Waals surface area contributed by atoms with E-state index < -0.39 is 0 Å². The lowest BCUT2D eigenvalue weighted by atomic mass is 10.1. The van der Waals surface area contributed by atoms with Crippen molar-refractivity contribution in [1.29, 1.82) is 0 Å². The summed E-state index contributed by atoms with van der Waals surface area (Å²) in [5.74, 6) is 0.237. The van der Waals surface area contributed by atoms with E-state index in [2.05, 4.69) is 15.6 Å². The van der Waals surface area contributed by atoms with E-state index in [-0.39, 0.29) is 17.5 Å². The molecule has 0 aromatic carbocycles. The first-order valence-corrected chi connectivity index (χ1v) is 5.64. The van der Waals surface area contributed by atoms with E-state index in [0.717, 1.165) is 6.42 Å². The van der Waals surface area contributed by atoms with Crippen LogP contribution in [0.15, 0.2) is 4.99 Å². The third-order valence-electron chi connectivity index (χ3n) is 1.76. The van der Waals surface area contributed by atoms with E-state index in [1.807, 2.05) is 27.7 Å². The molecule has 4 N–H and O–H groups in total. The molecule has 0 aromatic heterocycles. The minimum Gasteiger partial charge on any atom is -0.370 e. The number of nitrogens with zero attached hydrogens (tertiary/aromatic N) is 1. The Kier molecular flexibility index (Phi) is 5.85. The number of nitrogens with two attached hydrogens (primary N) is 1. The molecule has 0 spiro atoms. The van der Waals surface area contributed by atoms with Gasteiger partial charge in [-0.15, -0.1) is 0 Å². The van der Waals surface area contributed by atoms with Gasteiger partial charge in [-0.25, -0.2) is 0 Å². The fraction of sp³-hybridized carbons (Fsp3) is 0.818. The Morgan fingerprint density at radius 1 is 1.44 bits per heavy atom. The van der Waals surface area contributed by atoms with Gasteiger partial charge in [-0.1, -0.05) is 6.92 Å². The van der Waals surface area contributed by atoms with Crippen molar-refractivity contribution in [3.05, 3.63) is 0 Å². The second-order valence-corrected chi connectivity index (χ2v) is 4.87. The second kappa shape index (κ2) is 6.35. The molecule has 94 valence electrons. The van der Waals surface area contributed by atoms with Crippen LogP contribution in [0, 0.1) is 0 Å². The van der Waals surface area contributed by atoms with Crippen LogP contribution in [-0.4, -0.2) is 30.0 Å². The van der Waals surface area contributed by atoms with Gasteiger partial charge in [-0.05, 0) is 34.1 Å². The first-order chi connectivity index (χ1) is 7.26. The van der Waals surface area contributed by atoms with Gasteiger partial charge in [0.15, 0.2) is 5.96 Å². The molecular formula is C11H24N4O. The van der Waals surface area contributed by atoms with E-state index in [9.17, 15) is 4.79 Å². The Bertz CT molecular complexity index is 255. The largest absolute Gasteiger partial charge is 0.370 e. The fourth-order valence-electron chi connectivity index (χ4n) is 1.04. The van der Waals surface area contributed by atoms with Gasteiger partial charge in [-0.2, -0.15) is 0 Å². The Hall–Kier alpha value is -1.26. The summed E-state index contributed by atoms with van der Waals surface area (Å²) in [6.07, 6.45) is 0.935. The Morgan fingerprint density at radius 2 is 2.00 bits per heavy atom. The van der Waals surface area contributed by atoms with Gasteiger partial charge in [0.2, 0.25) is 5.91 Å². The quantitative estimate of drug-likeness (QED) is 0.487. The zero-order valence-corrected chi connectivity index (χ0v) is 10.9. The number of nitrogens with one attached hydrogen (secondary N) is 2. The maximum absolute atomic E-state index is 11.7. The van der Waals surface area contributed by atoms with Crippen LogP contribution >= 0.6 is 0 Å². The van der Waals surface area contributed by atoms with Crippen LogP contribution in [0.4, 0.5) is 0 Å². The highest BCUT2D eigenvalue weighted by molar-refractivity contribution is 5.88. The molecule has 0 fully saturated rings. The van der Waals surface area contributed by atoms with Crippen molar-refractivity contribution < 1.29 is 4.79 Å². The number of carbonyl (C=O) groups is 1. The molecule has 0 saturated carbocycles. The average molecular weight is 228 g/mol. The summed E-state index contributed by atoms with van der Waals surface area (Å²) in [6, 6.07) is -0.375. The van der Waals surface area contributed by atoms with Crippen LogP contribution < -0.4 is 16.4 Å². The van der Waals surface area contributed by atoms with Crippen molar-refractivity contribution in [2.24, 2.45) is 10.7 Å². The molecule has 5 heteroatoms. The van der Waals surface area contributed by atoms with Gasteiger partial charge >= 0.3 is 0 Å². The van der Waals surface area contributed by atoms with Crippen molar-refractivity contribution in [2.45, 2.75) is 52.6 Å². The van der Waals surface area contributed by atoms with Crippen molar-refractivity contribution in [3.63, 3.8) is 0 Å². The molecule has 0 bridgehead atoms. The number of rotatable bonds is 4. The Balaban J connectivity index is 4.15. The molecule has 0 saturated heterocycles. The van der Waals surface area contributed by atoms with E-state index in [0.29, 0.717) is 12.5 Å². The number of hydrogen-bond acceptors (Lipinski definition) is 2. The highest BCUT2D eigenvalue weighted by atomic mass is 16.2. The molecule has 16 heavy (non-hydrogen) atoms. The van der Waals surface area contributed by atoms with Gasteiger partial charge in [0, 0.05) is 12.1 Å². The molecule has 1 unspecified atom stereocenters. The highest BCUT2D eigenvalue weighted by Gasteiger charge is 2.19. The molecule has 0 rings (SSSR count). The number of hydrogen-bond donors (Lipinski definition) is 3. The van der Waals surface area contributed by atoms with Crippen LogP contribution in [0.5, 0.6) is 0 Å². The summed E-state index contributed by atoms with van der Waals surface area (Å²) in [6.45, 7) is 10.3. The number of carbonyl (C=O) groups excluding carboxylic acids is 1. The van der Waals surface area contributed by atoms with Gasteiger partial charge < -0.3 is 16.4 Å². The van der Waals surface area contributed by atoms with Gasteiger partial charge in [0.25, 0.3) is 0 Å². The average Bonchev–Trinajstić information content (AvgIpc) is 2.11. The molecule has 1 atom stereocenters. The first-order valence-electron chi connectivity index (χ1n) is 5.64. The van der Waals surface area contributed by atoms with Gasteiger partial charge in [-0.3, -0.25) is 9.79 Å². The third kappa shape index (κ3) is 7.09. The number of amides is 1. The van der Waals surface area contributed by atoms with Crippen molar-refractivity contribution >= 4 is 11.9 Å². The molecule has 0 aliphatic heterocycles. The summed E-state index contributed by atoms with van der Waals surface area (Å²) in [5.41, 5.74) is 5.39. The van der Waals surface area contributed by atoms with Crippen molar-refractivity contribution in [1.82, 2.24) is 10.6 Å². The molecule has 0 aromatic rings. The van der Waals surface area contributed by atoms with Crippen molar-refractivity contribution in [2.75, 3.05) is 6.54 Å². The monoisotopic (exact) mass is 228 g/mol. The summed E-state index contributed by atoms with van der Waals surface area (Å²) in [4.78, 5) is 15.7. The predicted molar refractivity (Wildman–Crippen MR) is 67.3 cm³/mol. The summed E-state index contributed by atoms with van der Waals surface area (Å²) in [7, 11) is 0. The predicted octanol–water partition coefficient (Wildman–Crippen LogP) is 0.604. The maximum Gasteiger partial charge on any atom is 0.242 e. The van der Waals surface area contributed by atoms with Gasteiger partial charge in [0.1, 0.15) is 6.04 Å². The lowest BCUT2D eigenvalue weighted by Gasteiger charge is -2.23. The minimum atomic E-state index is -0.375. The van der Waals surface area contributed by atoms with Crippen LogP contribution in [0.3, 0.4) is 0 Å². The van der Waals surface area contributed by atoms with Crippen molar-refractivity contribution in [3.8, 4) is 0 Å².